The fraction of sp³-hybridized carbons (Fsp3) is 0.225. The third-order valence-corrected chi connectivity index (χ3v) is 9.70. The molecule has 0 bridgehead atoms. The third-order valence-electron chi connectivity index (χ3n) is 8.40. The first-order valence-corrected chi connectivity index (χ1v) is 17.5. The molecule has 0 aliphatic heterocycles. The molecule has 0 atom stereocenters. The van der Waals surface area contributed by atoms with Crippen molar-refractivity contribution in [3.05, 3.63) is 152 Å². The van der Waals surface area contributed by atoms with E-state index in [0.717, 1.165) is 38.3 Å². The van der Waals surface area contributed by atoms with Crippen LogP contribution in [0.1, 0.15) is 36.1 Å². The number of hydrogen-bond donors (Lipinski definition) is 1. The van der Waals surface area contributed by atoms with E-state index >= 15 is 8.78 Å². The van der Waals surface area contributed by atoms with E-state index in [9.17, 15) is 14.4 Å². The summed E-state index contributed by atoms with van der Waals surface area (Å²) in [6.45, 7) is 6.55. The number of carbonyl (C=O) groups excluding carboxylic acids is 1. The van der Waals surface area contributed by atoms with Crippen molar-refractivity contribution in [2.45, 2.75) is 40.4 Å². The van der Waals surface area contributed by atoms with E-state index in [-0.39, 0.29) is 11.6 Å². The highest BCUT2D eigenvalue weighted by Gasteiger charge is 2.26. The molecule has 264 valence electrons. The molecule has 2 amide bonds. The van der Waals surface area contributed by atoms with Crippen molar-refractivity contribution in [2.24, 2.45) is 0 Å². The van der Waals surface area contributed by atoms with Crippen molar-refractivity contribution in [3.8, 4) is 16.1 Å². The molecular weight excluding hydrogens is 669 g/mol. The van der Waals surface area contributed by atoms with Crippen LogP contribution in [0.3, 0.4) is 0 Å². The Kier molecular flexibility index (Phi) is 11.6. The number of anilines is 1. The number of aromatic nitrogens is 2. The molecule has 8 nitrogen and oxygen atoms in total. The number of hydrogen-bond acceptors (Lipinski definition) is 5. The van der Waals surface area contributed by atoms with Gasteiger partial charge in [0, 0.05) is 43.3 Å². The monoisotopic (exact) mass is 709 g/mol. The van der Waals surface area contributed by atoms with Crippen LogP contribution in [0.15, 0.2) is 107 Å². The van der Waals surface area contributed by atoms with Crippen molar-refractivity contribution in [1.82, 2.24) is 18.9 Å². The molecule has 1 N–H and O–H groups in total. The third kappa shape index (κ3) is 7.84. The summed E-state index contributed by atoms with van der Waals surface area (Å²) in [6, 6.07) is 27.1. The topological polar surface area (TPSA) is 79.6 Å². The number of thiophene rings is 1. The Hall–Kier alpha value is -5.39. The number of amides is 2. The second-order valence-electron chi connectivity index (χ2n) is 12.1. The lowest BCUT2D eigenvalue weighted by Crippen LogP contribution is -2.39. The highest BCUT2D eigenvalue weighted by Crippen LogP contribution is 2.39. The van der Waals surface area contributed by atoms with E-state index in [1.165, 1.54) is 26.9 Å². The van der Waals surface area contributed by atoms with E-state index in [4.69, 9.17) is 0 Å². The molecule has 11 heteroatoms. The number of nitrogens with one attached hydrogen (secondary N) is 1. The number of benzene rings is 4. The summed E-state index contributed by atoms with van der Waals surface area (Å²) in [5.41, 5.74) is 3.11. The highest BCUT2D eigenvalue weighted by atomic mass is 32.1. The normalized spacial score (nSPS) is 11.0. The quantitative estimate of drug-likeness (QED) is 0.164. The van der Waals surface area contributed by atoms with E-state index in [1.54, 1.807) is 56.6 Å². The molecule has 0 spiro atoms. The van der Waals surface area contributed by atoms with E-state index in [0.29, 0.717) is 40.2 Å². The predicted molar refractivity (Wildman–Crippen MR) is 203 cm³/mol. The number of carbonyl (C=O) groups is 1. The van der Waals surface area contributed by atoms with Crippen LogP contribution in [-0.2, 0) is 19.6 Å². The molecule has 0 fully saturated rings. The Morgan fingerprint density at radius 3 is 2.04 bits per heavy atom. The second kappa shape index (κ2) is 16.1. The maximum atomic E-state index is 15.0. The average molecular weight is 710 g/mol. The minimum atomic E-state index is -0.789. The molecule has 0 aliphatic carbocycles. The Morgan fingerprint density at radius 1 is 0.784 bits per heavy atom. The molecule has 0 radical (unpaired) electrons. The number of rotatable bonds is 9. The summed E-state index contributed by atoms with van der Waals surface area (Å²) in [5.74, 6) is -1.58. The van der Waals surface area contributed by atoms with Crippen molar-refractivity contribution in [1.29, 1.82) is 0 Å². The predicted octanol–water partition coefficient (Wildman–Crippen LogP) is 8.27. The SMILES string of the molecule is CC.Cc1ccccc1CN(C)Cc1c(-c2ccc(NC(=O)N(C)C)cc2)sc2c1c(=O)n(-c1ccccc1)c(=O)n2Cc1c(F)cccc1F. The van der Waals surface area contributed by atoms with Gasteiger partial charge in [-0.05, 0) is 72.6 Å². The lowest BCUT2D eigenvalue weighted by atomic mass is 10.0. The zero-order chi connectivity index (χ0) is 36.8. The fourth-order valence-corrected chi connectivity index (χ4v) is 7.09. The van der Waals surface area contributed by atoms with Gasteiger partial charge in [-0.3, -0.25) is 14.3 Å². The molecule has 0 saturated carbocycles. The van der Waals surface area contributed by atoms with Crippen molar-refractivity contribution >= 4 is 33.3 Å². The van der Waals surface area contributed by atoms with Gasteiger partial charge in [0.15, 0.2) is 0 Å². The van der Waals surface area contributed by atoms with Gasteiger partial charge in [-0.15, -0.1) is 11.3 Å². The maximum Gasteiger partial charge on any atom is 0.337 e. The first kappa shape index (κ1) is 36.9. The van der Waals surface area contributed by atoms with Crippen molar-refractivity contribution in [2.75, 3.05) is 26.5 Å². The summed E-state index contributed by atoms with van der Waals surface area (Å²) in [7, 11) is 5.26. The number of halogens is 2. The van der Waals surface area contributed by atoms with Gasteiger partial charge in [0.1, 0.15) is 16.5 Å². The van der Waals surface area contributed by atoms with Gasteiger partial charge in [0.2, 0.25) is 0 Å². The molecule has 0 saturated heterocycles. The average Bonchev–Trinajstić information content (AvgIpc) is 3.49. The lowest BCUT2D eigenvalue weighted by Gasteiger charge is -2.19. The molecule has 4 aromatic carbocycles. The van der Waals surface area contributed by atoms with Gasteiger partial charge in [0.25, 0.3) is 5.56 Å². The van der Waals surface area contributed by atoms with Crippen LogP contribution in [0.4, 0.5) is 19.3 Å². The van der Waals surface area contributed by atoms with Crippen LogP contribution in [0.2, 0.25) is 0 Å². The Labute approximate surface area is 299 Å². The fourth-order valence-electron chi connectivity index (χ4n) is 5.78. The van der Waals surface area contributed by atoms with Gasteiger partial charge in [-0.25, -0.2) is 22.9 Å². The smallest absolute Gasteiger partial charge is 0.331 e. The lowest BCUT2D eigenvalue weighted by molar-refractivity contribution is 0.230. The number of aryl methyl sites for hydroxylation is 1. The zero-order valence-corrected chi connectivity index (χ0v) is 30.4. The maximum absolute atomic E-state index is 15.0. The van der Waals surface area contributed by atoms with Crippen molar-refractivity contribution < 1.29 is 13.6 Å². The first-order chi connectivity index (χ1) is 24.5. The van der Waals surface area contributed by atoms with E-state index in [1.807, 2.05) is 58.2 Å². The minimum absolute atomic E-state index is 0.279. The molecule has 0 unspecified atom stereocenters. The first-order valence-electron chi connectivity index (χ1n) is 16.6. The molecule has 0 aliphatic rings. The number of urea groups is 1. The van der Waals surface area contributed by atoms with Crippen molar-refractivity contribution in [3.63, 3.8) is 0 Å². The second-order valence-corrected chi connectivity index (χ2v) is 13.1. The van der Waals surface area contributed by atoms with Crippen LogP contribution in [0.5, 0.6) is 0 Å². The Morgan fingerprint density at radius 2 is 1.41 bits per heavy atom. The minimum Gasteiger partial charge on any atom is -0.331 e. The summed E-state index contributed by atoms with van der Waals surface area (Å²) in [5, 5.41) is 3.12. The molecular formula is C40H41F2N5O3S. The molecule has 2 heterocycles. The standard InChI is InChI=1S/C38H35F2N5O3S.C2H6/c1-24-11-8-9-12-26(24)21-43(4)22-30-33-35(46)45(28-13-6-5-7-14-28)38(48)44(23-29-31(39)15-10-16-32(29)40)36(33)49-34(30)25-17-19-27(20-18-25)41-37(47)42(2)3;1-2/h5-20H,21-23H2,1-4H3,(H,41,47);1-2H3. The number of para-hydroxylation sites is 1. The summed E-state index contributed by atoms with van der Waals surface area (Å²) in [4.78, 5) is 45.6. The van der Waals surface area contributed by atoms with E-state index in [2.05, 4.69) is 16.3 Å². The molecule has 51 heavy (non-hydrogen) atoms. The van der Waals surface area contributed by atoms with Gasteiger partial charge in [0.05, 0.1) is 17.6 Å². The molecule has 6 aromatic rings. The van der Waals surface area contributed by atoms with Crippen LogP contribution < -0.4 is 16.6 Å². The number of fused-ring (bicyclic) bond motifs is 1. The largest absolute Gasteiger partial charge is 0.337 e. The summed E-state index contributed by atoms with van der Waals surface area (Å²) >= 11 is 1.23. The van der Waals surface area contributed by atoms with Crippen LogP contribution >= 0.6 is 11.3 Å². The van der Waals surface area contributed by atoms with Crippen LogP contribution in [-0.4, -0.2) is 46.1 Å². The molecule has 2 aromatic heterocycles. The summed E-state index contributed by atoms with van der Waals surface area (Å²) < 4.78 is 32.5. The Bertz CT molecular complexity index is 2260. The van der Waals surface area contributed by atoms with Gasteiger partial charge in [-0.1, -0.05) is 74.5 Å². The highest BCUT2D eigenvalue weighted by molar-refractivity contribution is 7.22. The summed E-state index contributed by atoms with van der Waals surface area (Å²) in [6.07, 6.45) is 0. The van der Waals surface area contributed by atoms with Gasteiger partial charge < -0.3 is 10.2 Å². The van der Waals surface area contributed by atoms with Gasteiger partial charge >= 0.3 is 11.7 Å². The Balaban J connectivity index is 0.00000248. The van der Waals surface area contributed by atoms with Crippen LogP contribution in [0, 0.1) is 18.6 Å². The van der Waals surface area contributed by atoms with Crippen LogP contribution in [0.25, 0.3) is 26.3 Å². The molecule has 6 rings (SSSR count). The number of nitrogens with zero attached hydrogens (tertiary/aromatic N) is 4. The van der Waals surface area contributed by atoms with E-state index < -0.39 is 29.4 Å². The van der Waals surface area contributed by atoms with Gasteiger partial charge in [-0.2, -0.15) is 0 Å². The zero-order valence-electron chi connectivity index (χ0n) is 29.5.